The molecule has 2 rings (SSSR count). The molecule has 1 unspecified atom stereocenters. The molecular formula is C9H8F2O2S. The monoisotopic (exact) mass is 218 g/mol. The summed E-state index contributed by atoms with van der Waals surface area (Å²) in [6.07, 6.45) is -3.30. The van der Waals surface area contributed by atoms with E-state index in [0.29, 0.717) is 4.90 Å². The molecule has 1 atom stereocenters. The van der Waals surface area contributed by atoms with E-state index in [9.17, 15) is 8.78 Å². The lowest BCUT2D eigenvalue weighted by Gasteiger charge is -2.30. The molecule has 0 amide bonds. The van der Waals surface area contributed by atoms with Crippen molar-refractivity contribution in [3.63, 3.8) is 0 Å². The van der Waals surface area contributed by atoms with Crippen LogP contribution in [-0.4, -0.2) is 23.1 Å². The summed E-state index contributed by atoms with van der Waals surface area (Å²) in [4.78, 5) is 0.637. The summed E-state index contributed by atoms with van der Waals surface area (Å²) in [6, 6.07) is 6.56. The zero-order valence-corrected chi connectivity index (χ0v) is 7.93. The Kier molecular flexibility index (Phi) is 2.36. The van der Waals surface area contributed by atoms with Crippen LogP contribution in [0.3, 0.4) is 0 Å². The van der Waals surface area contributed by atoms with E-state index in [2.05, 4.69) is 4.74 Å². The Morgan fingerprint density at radius 2 is 2.14 bits per heavy atom. The second kappa shape index (κ2) is 3.40. The van der Waals surface area contributed by atoms with Gasteiger partial charge in [-0.2, -0.15) is 8.78 Å². The first-order valence-corrected chi connectivity index (χ1v) is 4.95. The molecule has 1 aliphatic rings. The van der Waals surface area contributed by atoms with Crippen LogP contribution in [0, 0.1) is 0 Å². The summed E-state index contributed by atoms with van der Waals surface area (Å²) in [5, 5.41) is 7.55. The fourth-order valence-corrected chi connectivity index (χ4v) is 2.16. The molecule has 0 fully saturated rings. The summed E-state index contributed by atoms with van der Waals surface area (Å²) in [7, 11) is 0. The van der Waals surface area contributed by atoms with Gasteiger partial charge in [0.1, 0.15) is 11.0 Å². The maximum atomic E-state index is 13.1. The first-order chi connectivity index (χ1) is 6.63. The van der Waals surface area contributed by atoms with Gasteiger partial charge in [0.2, 0.25) is 0 Å². The fraction of sp³-hybridized carbons (Fsp3) is 0.333. The molecule has 0 spiro atoms. The molecular weight excluding hydrogens is 210 g/mol. The third-order valence-corrected chi connectivity index (χ3v) is 3.20. The highest BCUT2D eigenvalue weighted by atomic mass is 32.2. The van der Waals surface area contributed by atoms with Crippen LogP contribution in [0.15, 0.2) is 29.2 Å². The number of rotatable bonds is 1. The molecule has 2 nitrogen and oxygen atoms in total. The molecule has 0 radical (unpaired) electrons. The topological polar surface area (TPSA) is 29.5 Å². The van der Waals surface area contributed by atoms with Crippen LogP contribution >= 0.6 is 11.8 Å². The van der Waals surface area contributed by atoms with E-state index < -0.39 is 18.0 Å². The molecule has 1 heterocycles. The van der Waals surface area contributed by atoms with Gasteiger partial charge >= 0.3 is 6.11 Å². The Balaban J connectivity index is 2.35. The Morgan fingerprint density at radius 1 is 1.43 bits per heavy atom. The Bertz CT molecular complexity index is 343. The Hall–Kier alpha value is -0.810. The molecule has 0 saturated heterocycles. The zero-order chi connectivity index (χ0) is 10.2. The van der Waals surface area contributed by atoms with Gasteiger partial charge in [-0.1, -0.05) is 12.1 Å². The third kappa shape index (κ3) is 1.57. The average molecular weight is 218 g/mol. The largest absolute Gasteiger partial charge is 0.430 e. The van der Waals surface area contributed by atoms with Gasteiger partial charge in [-0.25, -0.2) is 0 Å². The third-order valence-electron chi connectivity index (χ3n) is 1.91. The molecule has 0 aliphatic carbocycles. The van der Waals surface area contributed by atoms with E-state index in [4.69, 9.17) is 5.11 Å². The van der Waals surface area contributed by atoms with Gasteiger partial charge in [0.05, 0.1) is 11.5 Å². The summed E-state index contributed by atoms with van der Waals surface area (Å²) in [5.74, 6) is 0.173. The molecule has 14 heavy (non-hydrogen) atoms. The van der Waals surface area contributed by atoms with Gasteiger partial charge < -0.3 is 9.84 Å². The minimum Gasteiger partial charge on any atom is -0.430 e. The average Bonchev–Trinajstić information content (AvgIpc) is 2.15. The molecule has 0 bridgehead atoms. The Morgan fingerprint density at radius 3 is 2.86 bits per heavy atom. The van der Waals surface area contributed by atoms with E-state index in [1.165, 1.54) is 6.07 Å². The zero-order valence-electron chi connectivity index (χ0n) is 7.11. The van der Waals surface area contributed by atoms with Crippen LogP contribution < -0.4 is 4.74 Å². The molecule has 0 aromatic heterocycles. The van der Waals surface area contributed by atoms with Crippen molar-refractivity contribution < 1.29 is 18.6 Å². The number of benzene rings is 1. The second-order valence-electron chi connectivity index (χ2n) is 2.90. The minimum atomic E-state index is -3.30. The van der Waals surface area contributed by atoms with Crippen molar-refractivity contribution in [2.24, 2.45) is 0 Å². The maximum absolute atomic E-state index is 13.1. The van der Waals surface area contributed by atoms with Crippen LogP contribution in [0.25, 0.3) is 0 Å². The smallest absolute Gasteiger partial charge is 0.412 e. The summed E-state index contributed by atoms with van der Waals surface area (Å²) in [5.41, 5.74) is 0. The van der Waals surface area contributed by atoms with Gasteiger partial charge in [0.25, 0.3) is 0 Å². The highest BCUT2D eigenvalue weighted by Crippen LogP contribution is 2.45. The van der Waals surface area contributed by atoms with Crippen molar-refractivity contribution in [2.75, 3.05) is 6.61 Å². The number of aliphatic hydroxyl groups excluding tert-OH is 1. The minimum absolute atomic E-state index is 0.173. The van der Waals surface area contributed by atoms with Crippen LogP contribution in [0.1, 0.15) is 0 Å². The van der Waals surface area contributed by atoms with Crippen LogP contribution in [-0.2, 0) is 0 Å². The van der Waals surface area contributed by atoms with Gasteiger partial charge in [0, 0.05) is 0 Å². The number of fused-ring (bicyclic) bond motifs is 1. The molecule has 1 aliphatic heterocycles. The number of hydrogen-bond donors (Lipinski definition) is 1. The summed E-state index contributed by atoms with van der Waals surface area (Å²) < 4.78 is 30.8. The number of alkyl halides is 2. The molecule has 0 saturated carbocycles. The number of aliphatic hydroxyl groups is 1. The summed E-state index contributed by atoms with van der Waals surface area (Å²) >= 11 is 0.939. The first-order valence-electron chi connectivity index (χ1n) is 4.07. The summed E-state index contributed by atoms with van der Waals surface area (Å²) in [6.45, 7) is -0.605. The normalized spacial score (nSPS) is 23.8. The maximum Gasteiger partial charge on any atom is 0.412 e. The predicted octanol–water partition coefficient (Wildman–Crippen LogP) is 2.12. The molecule has 1 N–H and O–H groups in total. The van der Waals surface area contributed by atoms with Crippen LogP contribution in [0.4, 0.5) is 8.78 Å². The predicted molar refractivity (Wildman–Crippen MR) is 48.7 cm³/mol. The number of para-hydroxylation sites is 1. The van der Waals surface area contributed by atoms with E-state index >= 15 is 0 Å². The molecule has 5 heteroatoms. The van der Waals surface area contributed by atoms with E-state index in [0.717, 1.165) is 11.8 Å². The van der Waals surface area contributed by atoms with Crippen LogP contribution in [0.5, 0.6) is 5.75 Å². The van der Waals surface area contributed by atoms with Gasteiger partial charge in [-0.15, -0.1) is 11.8 Å². The van der Waals surface area contributed by atoms with Gasteiger partial charge in [-0.3, -0.25) is 0 Å². The van der Waals surface area contributed by atoms with Crippen molar-refractivity contribution in [1.82, 2.24) is 0 Å². The molecule has 76 valence electrons. The standard InChI is InChI=1S/C9H8F2O2S/c10-9(11)8(5-12)14-7-4-2-1-3-6(7)13-9/h1-4,8,12H,5H2. The van der Waals surface area contributed by atoms with Crippen molar-refractivity contribution in [3.05, 3.63) is 24.3 Å². The number of hydrogen-bond acceptors (Lipinski definition) is 3. The van der Waals surface area contributed by atoms with Crippen molar-refractivity contribution in [2.45, 2.75) is 16.3 Å². The first kappa shape index (κ1) is 9.73. The van der Waals surface area contributed by atoms with Crippen LogP contribution in [0.2, 0.25) is 0 Å². The lowest BCUT2D eigenvalue weighted by Crippen LogP contribution is -2.41. The van der Waals surface area contributed by atoms with E-state index in [-0.39, 0.29) is 5.75 Å². The van der Waals surface area contributed by atoms with Crippen molar-refractivity contribution in [1.29, 1.82) is 0 Å². The lowest BCUT2D eigenvalue weighted by atomic mass is 10.3. The van der Waals surface area contributed by atoms with Gasteiger partial charge in [0.15, 0.2) is 0 Å². The fourth-order valence-electron chi connectivity index (χ4n) is 1.21. The highest BCUT2D eigenvalue weighted by Gasteiger charge is 2.46. The van der Waals surface area contributed by atoms with E-state index in [1.807, 2.05) is 0 Å². The molecule has 1 aromatic rings. The highest BCUT2D eigenvalue weighted by molar-refractivity contribution is 8.00. The Labute approximate surface area is 83.9 Å². The van der Waals surface area contributed by atoms with Crippen molar-refractivity contribution in [3.8, 4) is 5.75 Å². The lowest BCUT2D eigenvalue weighted by molar-refractivity contribution is -0.184. The van der Waals surface area contributed by atoms with E-state index in [1.54, 1.807) is 18.2 Å². The number of ether oxygens (including phenoxy) is 1. The van der Waals surface area contributed by atoms with Gasteiger partial charge in [-0.05, 0) is 12.1 Å². The number of thioether (sulfide) groups is 1. The molecule has 1 aromatic carbocycles. The van der Waals surface area contributed by atoms with Crippen molar-refractivity contribution >= 4 is 11.8 Å². The number of halogens is 2. The SMILES string of the molecule is OCC1Sc2ccccc2OC1(F)F. The second-order valence-corrected chi connectivity index (χ2v) is 4.14. The quantitative estimate of drug-likeness (QED) is 0.783.